The highest BCUT2D eigenvalue weighted by atomic mass is 16.5. The molecule has 0 unspecified atom stereocenters. The Kier molecular flexibility index (Phi) is 4.91. The van der Waals surface area contributed by atoms with Crippen molar-refractivity contribution in [3.63, 3.8) is 0 Å². The Morgan fingerprint density at radius 1 is 1.35 bits per heavy atom. The van der Waals surface area contributed by atoms with Gasteiger partial charge in [0.1, 0.15) is 0 Å². The van der Waals surface area contributed by atoms with Gasteiger partial charge in [-0.2, -0.15) is 0 Å². The van der Waals surface area contributed by atoms with E-state index in [4.69, 9.17) is 9.47 Å². The van der Waals surface area contributed by atoms with Crippen molar-refractivity contribution in [2.24, 2.45) is 0 Å². The van der Waals surface area contributed by atoms with Gasteiger partial charge in [0.2, 0.25) is 0 Å². The molecule has 1 N–H and O–H groups in total. The minimum absolute atomic E-state index is 0.0410. The summed E-state index contributed by atoms with van der Waals surface area (Å²) in [6.07, 6.45) is 3.14. The molecule has 116 valence electrons. The summed E-state index contributed by atoms with van der Waals surface area (Å²) in [5.41, 5.74) is -0.203. The number of amides is 2. The summed E-state index contributed by atoms with van der Waals surface area (Å²) < 4.78 is 11.5. The second-order valence-electron chi connectivity index (χ2n) is 6.45. The number of morpholine rings is 1. The van der Waals surface area contributed by atoms with Crippen LogP contribution in [-0.4, -0.2) is 54.5 Å². The Morgan fingerprint density at radius 3 is 2.60 bits per heavy atom. The van der Waals surface area contributed by atoms with E-state index in [1.54, 1.807) is 0 Å². The van der Waals surface area contributed by atoms with Gasteiger partial charge in [0, 0.05) is 12.6 Å². The summed E-state index contributed by atoms with van der Waals surface area (Å²) in [7, 11) is 0. The molecular formula is C15H28N2O3. The van der Waals surface area contributed by atoms with Gasteiger partial charge in [-0.05, 0) is 40.0 Å². The van der Waals surface area contributed by atoms with E-state index >= 15 is 0 Å². The van der Waals surface area contributed by atoms with Crippen LogP contribution < -0.4 is 5.32 Å². The summed E-state index contributed by atoms with van der Waals surface area (Å²) >= 11 is 0. The molecule has 0 aromatic carbocycles. The van der Waals surface area contributed by atoms with E-state index in [2.05, 4.69) is 33.0 Å². The molecule has 20 heavy (non-hydrogen) atoms. The third-order valence-electron chi connectivity index (χ3n) is 4.40. The highest BCUT2D eigenvalue weighted by molar-refractivity contribution is 5.74. The Morgan fingerprint density at radius 2 is 2.00 bits per heavy atom. The molecule has 0 aromatic heterocycles. The minimum atomic E-state index is -0.203. The van der Waals surface area contributed by atoms with Gasteiger partial charge < -0.3 is 19.7 Å². The van der Waals surface area contributed by atoms with Crippen molar-refractivity contribution < 1.29 is 14.3 Å². The first-order valence-corrected chi connectivity index (χ1v) is 7.76. The lowest BCUT2D eigenvalue weighted by molar-refractivity contribution is -0.0883. The zero-order valence-corrected chi connectivity index (χ0v) is 13.1. The molecule has 2 heterocycles. The van der Waals surface area contributed by atoms with Crippen LogP contribution >= 0.6 is 0 Å². The van der Waals surface area contributed by atoms with Gasteiger partial charge in [-0.3, -0.25) is 0 Å². The maximum Gasteiger partial charge on any atom is 0.317 e. The van der Waals surface area contributed by atoms with Gasteiger partial charge in [-0.1, -0.05) is 6.92 Å². The topological polar surface area (TPSA) is 50.8 Å². The molecule has 0 saturated carbocycles. The number of urea groups is 1. The second-order valence-corrected chi connectivity index (χ2v) is 6.45. The lowest BCUT2D eigenvalue weighted by Crippen LogP contribution is -2.56. The Bertz CT molecular complexity index is 340. The van der Waals surface area contributed by atoms with Gasteiger partial charge in [0.05, 0.1) is 31.0 Å². The van der Waals surface area contributed by atoms with Gasteiger partial charge in [0.25, 0.3) is 0 Å². The predicted molar refractivity (Wildman–Crippen MR) is 77.8 cm³/mol. The highest BCUT2D eigenvalue weighted by Gasteiger charge is 2.34. The van der Waals surface area contributed by atoms with Crippen LogP contribution in [0.15, 0.2) is 0 Å². The molecule has 0 aromatic rings. The fraction of sp³-hybridized carbons (Fsp3) is 0.933. The predicted octanol–water partition coefficient (Wildman–Crippen LogP) is 2.15. The molecule has 2 saturated heterocycles. The van der Waals surface area contributed by atoms with E-state index in [9.17, 15) is 4.79 Å². The number of hydrogen-bond donors (Lipinski definition) is 1. The number of carbonyl (C=O) groups is 1. The maximum atomic E-state index is 12.4. The van der Waals surface area contributed by atoms with Crippen molar-refractivity contribution in [3.05, 3.63) is 0 Å². The zero-order valence-electron chi connectivity index (χ0n) is 13.1. The van der Waals surface area contributed by atoms with Crippen LogP contribution in [0.3, 0.4) is 0 Å². The lowest BCUT2D eigenvalue weighted by atomic mass is 9.99. The van der Waals surface area contributed by atoms with Crippen LogP contribution in [0, 0.1) is 0 Å². The van der Waals surface area contributed by atoms with Gasteiger partial charge in [-0.25, -0.2) is 4.79 Å². The third-order valence-corrected chi connectivity index (χ3v) is 4.40. The van der Waals surface area contributed by atoms with Gasteiger partial charge >= 0.3 is 6.03 Å². The molecule has 2 aliphatic heterocycles. The van der Waals surface area contributed by atoms with E-state index in [0.717, 1.165) is 19.3 Å². The molecule has 0 aliphatic carbocycles. The molecule has 5 heteroatoms. The molecule has 3 atom stereocenters. The van der Waals surface area contributed by atoms with E-state index in [0.29, 0.717) is 19.7 Å². The number of hydrogen-bond acceptors (Lipinski definition) is 3. The Hall–Kier alpha value is -0.810. The maximum absolute atomic E-state index is 12.4. The molecule has 0 bridgehead atoms. The number of nitrogens with zero attached hydrogens (tertiary/aromatic N) is 1. The molecule has 0 spiro atoms. The molecule has 2 amide bonds. The summed E-state index contributed by atoms with van der Waals surface area (Å²) in [6, 6.07) is 0.260. The second kappa shape index (κ2) is 6.31. The van der Waals surface area contributed by atoms with Crippen molar-refractivity contribution in [2.75, 3.05) is 19.7 Å². The van der Waals surface area contributed by atoms with Crippen LogP contribution in [-0.2, 0) is 9.47 Å². The molecular weight excluding hydrogens is 256 g/mol. The third kappa shape index (κ3) is 3.85. The fourth-order valence-corrected chi connectivity index (χ4v) is 3.11. The summed E-state index contributed by atoms with van der Waals surface area (Å²) in [4.78, 5) is 14.3. The smallest absolute Gasteiger partial charge is 0.317 e. The highest BCUT2D eigenvalue weighted by Crippen LogP contribution is 2.22. The van der Waals surface area contributed by atoms with Crippen LogP contribution in [0.2, 0.25) is 0 Å². The van der Waals surface area contributed by atoms with Crippen LogP contribution in [0.5, 0.6) is 0 Å². The largest absolute Gasteiger partial charge is 0.375 e. The molecule has 2 fully saturated rings. The Labute approximate surface area is 122 Å². The number of nitrogens with one attached hydrogen (secondary N) is 1. The minimum Gasteiger partial charge on any atom is -0.375 e. The van der Waals surface area contributed by atoms with Crippen molar-refractivity contribution >= 4 is 6.03 Å². The van der Waals surface area contributed by atoms with Gasteiger partial charge in [0.15, 0.2) is 0 Å². The van der Waals surface area contributed by atoms with Crippen molar-refractivity contribution in [1.29, 1.82) is 0 Å². The average molecular weight is 284 g/mol. The summed E-state index contributed by atoms with van der Waals surface area (Å²) in [5.74, 6) is 0. The van der Waals surface area contributed by atoms with Crippen LogP contribution in [0.1, 0.15) is 47.0 Å². The van der Waals surface area contributed by atoms with Crippen molar-refractivity contribution in [2.45, 2.75) is 70.8 Å². The SMILES string of the molecule is CC[C@@]1(C)CN(C(=O)NC2C[C@H](C)O[C@@H](C)C2)CCO1. The van der Waals surface area contributed by atoms with E-state index in [1.165, 1.54) is 0 Å². The van der Waals surface area contributed by atoms with E-state index in [-0.39, 0.29) is 29.9 Å². The molecule has 2 aliphatic rings. The summed E-state index contributed by atoms with van der Waals surface area (Å²) in [6.45, 7) is 10.3. The van der Waals surface area contributed by atoms with E-state index in [1.807, 2.05) is 4.90 Å². The zero-order chi connectivity index (χ0) is 14.8. The Balaban J connectivity index is 1.88. The monoisotopic (exact) mass is 284 g/mol. The first-order chi connectivity index (χ1) is 9.42. The first-order valence-electron chi connectivity index (χ1n) is 7.76. The lowest BCUT2D eigenvalue weighted by Gasteiger charge is -2.41. The number of carbonyl (C=O) groups excluding carboxylic acids is 1. The number of rotatable bonds is 2. The van der Waals surface area contributed by atoms with Crippen LogP contribution in [0.4, 0.5) is 4.79 Å². The normalized spacial score (nSPS) is 38.6. The molecule has 2 rings (SSSR count). The molecule has 5 nitrogen and oxygen atoms in total. The van der Waals surface area contributed by atoms with Crippen LogP contribution in [0.25, 0.3) is 0 Å². The van der Waals surface area contributed by atoms with E-state index < -0.39 is 0 Å². The number of ether oxygens (including phenoxy) is 2. The first kappa shape index (κ1) is 15.6. The van der Waals surface area contributed by atoms with Gasteiger partial charge in [-0.15, -0.1) is 0 Å². The average Bonchev–Trinajstić information content (AvgIpc) is 2.37. The molecule has 0 radical (unpaired) electrons. The quantitative estimate of drug-likeness (QED) is 0.845. The van der Waals surface area contributed by atoms with Crippen molar-refractivity contribution in [3.8, 4) is 0 Å². The summed E-state index contributed by atoms with van der Waals surface area (Å²) in [5, 5.41) is 3.16. The standard InChI is InChI=1S/C15H28N2O3/c1-5-15(4)10-17(6-7-19-15)14(18)16-13-8-11(2)20-12(3)9-13/h11-13H,5-10H2,1-4H3,(H,16,18)/t11-,12-,15-/m0/s1. The van der Waals surface area contributed by atoms with Crippen molar-refractivity contribution in [1.82, 2.24) is 10.2 Å². The fourth-order valence-electron chi connectivity index (χ4n) is 3.11.